The summed E-state index contributed by atoms with van der Waals surface area (Å²) in [5.74, 6) is -0.514. The maximum Gasteiger partial charge on any atom is 0.534 e. The summed E-state index contributed by atoms with van der Waals surface area (Å²) in [7, 11) is -5.74. The number of rotatable bonds is 3. The fraction of sp³-hybridized carbons (Fsp3) is 0.364. The minimum Gasteiger partial charge on any atom is -0.439 e. The Balaban J connectivity index is 2.25. The number of alkyl halides is 3. The van der Waals surface area contributed by atoms with E-state index < -0.39 is 39.6 Å². The van der Waals surface area contributed by atoms with Crippen LogP contribution < -0.4 is 9.50 Å². The molecule has 0 unspecified atom stereocenters. The molecule has 10 heteroatoms. The lowest BCUT2D eigenvalue weighted by Crippen LogP contribution is -2.28. The second-order valence-electron chi connectivity index (χ2n) is 4.31. The van der Waals surface area contributed by atoms with Crippen LogP contribution in [0.1, 0.15) is 18.6 Å². The van der Waals surface area contributed by atoms with Crippen LogP contribution in [0.4, 0.5) is 18.0 Å². The Kier molecular flexibility index (Phi) is 3.74. The third-order valence-electron chi connectivity index (χ3n) is 2.71. The second kappa shape index (κ2) is 5.10. The molecule has 1 aromatic carbocycles. The Hall–Kier alpha value is -1.97. The molecular formula is C11H10F3NO5S. The highest BCUT2D eigenvalue weighted by Gasteiger charge is 2.48. The van der Waals surface area contributed by atoms with Gasteiger partial charge in [0.15, 0.2) is 0 Å². The number of benzene rings is 1. The highest BCUT2D eigenvalue weighted by atomic mass is 32.2. The Morgan fingerprint density at radius 1 is 1.33 bits per heavy atom. The van der Waals surface area contributed by atoms with E-state index in [1.165, 1.54) is 12.1 Å². The first-order chi connectivity index (χ1) is 9.60. The minimum absolute atomic E-state index is 0.315. The largest absolute Gasteiger partial charge is 0.534 e. The molecule has 1 aliphatic heterocycles. The number of hydrogen-bond donors (Lipinski definition) is 1. The topological polar surface area (TPSA) is 81.7 Å². The van der Waals surface area contributed by atoms with Crippen LogP contribution in [0.3, 0.4) is 0 Å². The van der Waals surface area contributed by atoms with Gasteiger partial charge in [0.25, 0.3) is 0 Å². The summed E-state index contributed by atoms with van der Waals surface area (Å²) in [5.41, 5.74) is -5.20. The average Bonchev–Trinajstić information content (AvgIpc) is 2.67. The first kappa shape index (κ1) is 15.4. The Morgan fingerprint density at radius 3 is 2.52 bits per heavy atom. The van der Waals surface area contributed by atoms with E-state index in [-0.39, 0.29) is 0 Å². The normalized spacial score (nSPS) is 22.6. The van der Waals surface area contributed by atoms with Crippen molar-refractivity contribution in [3.8, 4) is 5.75 Å². The molecule has 6 nitrogen and oxygen atoms in total. The lowest BCUT2D eigenvalue weighted by atomic mass is 10.0. The van der Waals surface area contributed by atoms with Gasteiger partial charge in [-0.3, -0.25) is 0 Å². The van der Waals surface area contributed by atoms with Crippen LogP contribution in [0.5, 0.6) is 5.75 Å². The van der Waals surface area contributed by atoms with E-state index in [2.05, 4.69) is 9.50 Å². The van der Waals surface area contributed by atoms with E-state index in [0.29, 0.717) is 5.56 Å². The van der Waals surface area contributed by atoms with Gasteiger partial charge in [-0.2, -0.15) is 21.6 Å². The molecule has 0 aliphatic carbocycles. The van der Waals surface area contributed by atoms with Gasteiger partial charge in [-0.05, 0) is 24.6 Å². The first-order valence-corrected chi connectivity index (χ1v) is 7.09. The van der Waals surface area contributed by atoms with Gasteiger partial charge in [-0.25, -0.2) is 4.79 Å². The van der Waals surface area contributed by atoms with Crippen LogP contribution in [0.25, 0.3) is 0 Å². The standard InChI is InChI=1S/C11H10F3NO5S/c1-6-9(19-10(16)15-6)7-3-2-4-8(5-7)20-21(17,18)11(12,13)14/h2-6,9H,1H3,(H,15,16)/t6-,9-/m0/s1. The molecule has 21 heavy (non-hydrogen) atoms. The summed E-state index contributed by atoms with van der Waals surface area (Å²) in [6, 6.07) is 4.50. The molecule has 1 aromatic rings. The number of amides is 1. The van der Waals surface area contributed by atoms with Crippen LogP contribution in [-0.2, 0) is 14.9 Å². The summed E-state index contributed by atoms with van der Waals surface area (Å²) in [6.07, 6.45) is -1.41. The molecule has 1 heterocycles. The molecule has 0 aromatic heterocycles. The lowest BCUT2D eigenvalue weighted by molar-refractivity contribution is -0.0500. The Bertz CT molecular complexity index is 658. The van der Waals surface area contributed by atoms with Crippen molar-refractivity contribution in [1.82, 2.24) is 5.32 Å². The maximum absolute atomic E-state index is 12.2. The highest BCUT2D eigenvalue weighted by Crippen LogP contribution is 2.31. The van der Waals surface area contributed by atoms with Crippen molar-refractivity contribution in [3.05, 3.63) is 29.8 Å². The van der Waals surface area contributed by atoms with E-state index >= 15 is 0 Å². The van der Waals surface area contributed by atoms with Crippen LogP contribution >= 0.6 is 0 Å². The zero-order valence-corrected chi connectivity index (χ0v) is 11.4. The zero-order chi connectivity index (χ0) is 15.8. The molecule has 2 atom stereocenters. The smallest absolute Gasteiger partial charge is 0.439 e. The minimum atomic E-state index is -5.74. The number of carbonyl (C=O) groups excluding carboxylic acids is 1. The third kappa shape index (κ3) is 3.20. The van der Waals surface area contributed by atoms with E-state index in [4.69, 9.17) is 4.74 Å². The lowest BCUT2D eigenvalue weighted by Gasteiger charge is -2.15. The van der Waals surface area contributed by atoms with Crippen molar-refractivity contribution in [2.75, 3.05) is 0 Å². The van der Waals surface area contributed by atoms with Gasteiger partial charge in [0.2, 0.25) is 0 Å². The molecule has 1 aliphatic rings. The van der Waals surface area contributed by atoms with E-state index in [1.807, 2.05) is 0 Å². The number of cyclic esters (lactones) is 1. The third-order valence-corrected chi connectivity index (χ3v) is 3.69. The van der Waals surface area contributed by atoms with Crippen molar-refractivity contribution in [2.45, 2.75) is 24.6 Å². The number of ether oxygens (including phenoxy) is 1. The van der Waals surface area contributed by atoms with Crippen molar-refractivity contribution in [2.24, 2.45) is 0 Å². The molecule has 1 N–H and O–H groups in total. The summed E-state index contributed by atoms with van der Waals surface area (Å²) < 4.78 is 67.5. The monoisotopic (exact) mass is 325 g/mol. The van der Waals surface area contributed by atoms with Gasteiger partial charge in [0.1, 0.15) is 11.9 Å². The fourth-order valence-electron chi connectivity index (χ4n) is 1.79. The zero-order valence-electron chi connectivity index (χ0n) is 10.5. The molecule has 0 spiro atoms. The summed E-state index contributed by atoms with van der Waals surface area (Å²) in [4.78, 5) is 11.1. The quantitative estimate of drug-likeness (QED) is 0.680. The summed E-state index contributed by atoms with van der Waals surface area (Å²) >= 11 is 0. The predicted octanol–water partition coefficient (Wildman–Crippen LogP) is 2.08. The van der Waals surface area contributed by atoms with E-state index in [0.717, 1.165) is 12.1 Å². The molecule has 116 valence electrons. The molecule has 1 amide bonds. The van der Waals surface area contributed by atoms with Gasteiger partial charge < -0.3 is 14.2 Å². The van der Waals surface area contributed by atoms with Gasteiger partial charge in [-0.15, -0.1) is 0 Å². The van der Waals surface area contributed by atoms with Crippen LogP contribution in [0.15, 0.2) is 24.3 Å². The summed E-state index contributed by atoms with van der Waals surface area (Å²) in [5, 5.41) is 2.46. The van der Waals surface area contributed by atoms with Crippen LogP contribution in [-0.4, -0.2) is 26.1 Å². The van der Waals surface area contributed by atoms with Gasteiger partial charge in [0.05, 0.1) is 6.04 Å². The molecular weight excluding hydrogens is 315 g/mol. The van der Waals surface area contributed by atoms with E-state index in [9.17, 15) is 26.4 Å². The predicted molar refractivity (Wildman–Crippen MR) is 63.9 cm³/mol. The number of halogens is 3. The van der Waals surface area contributed by atoms with Crippen molar-refractivity contribution in [1.29, 1.82) is 0 Å². The second-order valence-corrected chi connectivity index (χ2v) is 5.85. The van der Waals surface area contributed by atoms with Crippen molar-refractivity contribution in [3.63, 3.8) is 0 Å². The van der Waals surface area contributed by atoms with Gasteiger partial charge in [-0.1, -0.05) is 12.1 Å². The average molecular weight is 325 g/mol. The molecule has 2 rings (SSSR count). The number of carbonyl (C=O) groups is 1. The van der Waals surface area contributed by atoms with Crippen molar-refractivity contribution < 1.29 is 35.3 Å². The Labute approximate surface area is 118 Å². The van der Waals surface area contributed by atoms with Crippen LogP contribution in [0, 0.1) is 0 Å². The number of nitrogens with one attached hydrogen (secondary N) is 1. The Morgan fingerprint density at radius 2 is 2.00 bits per heavy atom. The molecule has 0 radical (unpaired) electrons. The van der Waals surface area contributed by atoms with Crippen molar-refractivity contribution >= 4 is 16.2 Å². The maximum atomic E-state index is 12.2. The van der Waals surface area contributed by atoms with Crippen LogP contribution in [0.2, 0.25) is 0 Å². The summed E-state index contributed by atoms with van der Waals surface area (Å²) in [6.45, 7) is 1.63. The SMILES string of the molecule is C[C@@H]1NC(=O)O[C@@H]1c1cccc(OS(=O)(=O)C(F)(F)F)c1. The number of hydrogen-bond acceptors (Lipinski definition) is 5. The first-order valence-electron chi connectivity index (χ1n) is 5.68. The molecule has 1 saturated heterocycles. The van der Waals surface area contributed by atoms with E-state index in [1.54, 1.807) is 6.92 Å². The number of alkyl carbamates (subject to hydrolysis) is 1. The molecule has 1 fully saturated rings. The van der Waals surface area contributed by atoms with Gasteiger partial charge >= 0.3 is 21.7 Å². The molecule has 0 bridgehead atoms. The molecule has 0 saturated carbocycles. The van der Waals surface area contributed by atoms with Gasteiger partial charge in [0, 0.05) is 0 Å². The highest BCUT2D eigenvalue weighted by molar-refractivity contribution is 7.87. The fourth-order valence-corrected chi connectivity index (χ4v) is 2.24.